The van der Waals surface area contributed by atoms with E-state index in [1.807, 2.05) is 0 Å². The summed E-state index contributed by atoms with van der Waals surface area (Å²) in [5.74, 6) is -0.625. The van der Waals surface area contributed by atoms with E-state index in [2.05, 4.69) is 14.7 Å². The summed E-state index contributed by atoms with van der Waals surface area (Å²) in [5.41, 5.74) is 5.36. The Balaban J connectivity index is 0.000000382. The van der Waals surface area contributed by atoms with Crippen molar-refractivity contribution in [3.8, 4) is 0 Å². The summed E-state index contributed by atoms with van der Waals surface area (Å²) in [6.45, 7) is 0.405. The Hall–Kier alpha value is -1.52. The number of esters is 1. The van der Waals surface area contributed by atoms with Crippen LogP contribution in [0.4, 0.5) is 5.82 Å². The first kappa shape index (κ1) is 20.5. The van der Waals surface area contributed by atoms with Gasteiger partial charge in [0.15, 0.2) is 0 Å². The minimum absolute atomic E-state index is 0.00154. The zero-order valence-corrected chi connectivity index (χ0v) is 13.0. The smallest absolute Gasteiger partial charge is 0.344 e. The Morgan fingerprint density at radius 2 is 2.18 bits per heavy atom. The number of carbonyl (C=O) groups is 1. The van der Waals surface area contributed by atoms with Crippen molar-refractivity contribution < 1.29 is 29.6 Å². The van der Waals surface area contributed by atoms with Crippen LogP contribution in [0, 0.1) is 0 Å². The second-order valence-corrected chi connectivity index (χ2v) is 4.30. The molecule has 1 aromatic rings. The number of hydrogen-bond donors (Lipinski definition) is 4. The Morgan fingerprint density at radius 3 is 2.55 bits per heavy atom. The van der Waals surface area contributed by atoms with Gasteiger partial charge in [-0.2, -0.15) is 0 Å². The second-order valence-electron chi connectivity index (χ2n) is 3.94. The Kier molecular flexibility index (Phi) is 10.3. The van der Waals surface area contributed by atoms with Gasteiger partial charge in [-0.1, -0.05) is 11.6 Å². The summed E-state index contributed by atoms with van der Waals surface area (Å²) in [7, 11) is 2.23. The summed E-state index contributed by atoms with van der Waals surface area (Å²) in [6.07, 6.45) is 1.28. The van der Waals surface area contributed by atoms with Crippen LogP contribution in [-0.2, 0) is 9.47 Å². The third kappa shape index (κ3) is 6.50. The van der Waals surface area contributed by atoms with Gasteiger partial charge in [-0.15, -0.1) is 0 Å². The van der Waals surface area contributed by atoms with Gasteiger partial charge in [0.05, 0.1) is 32.5 Å². The summed E-state index contributed by atoms with van der Waals surface area (Å²) < 4.78 is 9.33. The molecule has 1 aromatic heterocycles. The van der Waals surface area contributed by atoms with Gasteiger partial charge in [-0.05, 0) is 0 Å². The minimum Gasteiger partial charge on any atom is -0.465 e. The maximum atomic E-state index is 11.0. The van der Waals surface area contributed by atoms with Crippen molar-refractivity contribution in [3.63, 3.8) is 0 Å². The molecule has 1 unspecified atom stereocenters. The van der Waals surface area contributed by atoms with Crippen molar-refractivity contribution in [1.82, 2.24) is 9.97 Å². The van der Waals surface area contributed by atoms with E-state index in [4.69, 9.17) is 37.4 Å². The molecule has 1 aliphatic rings. The van der Waals surface area contributed by atoms with Crippen molar-refractivity contribution in [1.29, 1.82) is 0 Å². The van der Waals surface area contributed by atoms with Gasteiger partial charge >= 0.3 is 5.97 Å². The zero-order valence-electron chi connectivity index (χ0n) is 12.3. The van der Waals surface area contributed by atoms with Crippen LogP contribution in [0.3, 0.4) is 0 Å². The van der Waals surface area contributed by atoms with E-state index in [1.165, 1.54) is 13.4 Å². The molecule has 10 heteroatoms. The molecule has 5 N–H and O–H groups in total. The number of rotatable bonds is 2. The van der Waals surface area contributed by atoms with E-state index in [-0.39, 0.29) is 35.3 Å². The predicted octanol–water partition coefficient (Wildman–Crippen LogP) is -0.764. The summed E-state index contributed by atoms with van der Waals surface area (Å²) >= 11 is 5.57. The number of carbonyl (C=O) groups excluding carboxylic acids is 1. The van der Waals surface area contributed by atoms with Gasteiger partial charge in [0.25, 0.3) is 0 Å². The average Bonchev–Trinajstić information content (AvgIpc) is 2.95. The highest BCUT2D eigenvalue weighted by Crippen LogP contribution is 2.17. The molecule has 1 fully saturated rings. The van der Waals surface area contributed by atoms with E-state index in [9.17, 15) is 4.79 Å². The first-order valence-corrected chi connectivity index (χ1v) is 6.56. The molecule has 0 saturated carbocycles. The van der Waals surface area contributed by atoms with Crippen LogP contribution in [0.5, 0.6) is 0 Å². The maximum absolute atomic E-state index is 11.0. The van der Waals surface area contributed by atoms with E-state index >= 15 is 0 Å². The van der Waals surface area contributed by atoms with Gasteiger partial charge < -0.3 is 30.5 Å². The highest BCUT2D eigenvalue weighted by Gasteiger charge is 2.21. The first-order chi connectivity index (χ1) is 10.5. The molecule has 0 spiro atoms. The van der Waals surface area contributed by atoms with Crippen LogP contribution in [-0.4, -0.2) is 70.9 Å². The SMILES string of the molecule is CO.COC(=O)c1c(N)ncnc1Cl.OCC1C[C@@H](O)CO1. The molecule has 0 radical (unpaired) electrons. The molecule has 2 atom stereocenters. The van der Waals surface area contributed by atoms with E-state index < -0.39 is 5.97 Å². The highest BCUT2D eigenvalue weighted by atomic mass is 35.5. The number of aliphatic hydroxyl groups is 3. The molecule has 2 rings (SSSR count). The topological polar surface area (TPSA) is 148 Å². The molecule has 126 valence electrons. The van der Waals surface area contributed by atoms with Crippen molar-refractivity contribution in [2.45, 2.75) is 18.6 Å². The van der Waals surface area contributed by atoms with Crippen LogP contribution in [0.2, 0.25) is 5.15 Å². The third-order valence-corrected chi connectivity index (χ3v) is 2.77. The predicted molar refractivity (Wildman–Crippen MR) is 78.4 cm³/mol. The van der Waals surface area contributed by atoms with E-state index in [0.717, 1.165) is 7.11 Å². The van der Waals surface area contributed by atoms with Gasteiger partial charge in [0, 0.05) is 13.5 Å². The van der Waals surface area contributed by atoms with E-state index in [0.29, 0.717) is 13.0 Å². The monoisotopic (exact) mass is 337 g/mol. The molecule has 1 aliphatic heterocycles. The number of ether oxygens (including phenoxy) is 2. The molecule has 0 bridgehead atoms. The van der Waals surface area contributed by atoms with Crippen LogP contribution in [0.25, 0.3) is 0 Å². The van der Waals surface area contributed by atoms with Gasteiger partial charge in [-0.25, -0.2) is 14.8 Å². The Morgan fingerprint density at radius 1 is 1.55 bits per heavy atom. The number of aliphatic hydroxyl groups excluding tert-OH is 3. The van der Waals surface area contributed by atoms with Crippen molar-refractivity contribution in [2.75, 3.05) is 33.2 Å². The average molecular weight is 338 g/mol. The molecular weight excluding hydrogens is 318 g/mol. The van der Waals surface area contributed by atoms with Crippen molar-refractivity contribution in [3.05, 3.63) is 17.0 Å². The van der Waals surface area contributed by atoms with E-state index in [1.54, 1.807) is 0 Å². The number of nitrogen functional groups attached to an aromatic ring is 1. The fraction of sp³-hybridized carbons (Fsp3) is 0.583. The lowest BCUT2D eigenvalue weighted by molar-refractivity contribution is 0.0516. The fourth-order valence-corrected chi connectivity index (χ4v) is 1.70. The number of aromatic nitrogens is 2. The van der Waals surface area contributed by atoms with Crippen molar-refractivity contribution in [2.24, 2.45) is 0 Å². The second kappa shape index (κ2) is 11.1. The maximum Gasteiger partial charge on any atom is 0.344 e. The zero-order chi connectivity index (χ0) is 17.1. The highest BCUT2D eigenvalue weighted by molar-refractivity contribution is 6.32. The minimum atomic E-state index is -0.641. The lowest BCUT2D eigenvalue weighted by Crippen LogP contribution is -2.10. The molecule has 22 heavy (non-hydrogen) atoms. The molecule has 9 nitrogen and oxygen atoms in total. The molecule has 0 aliphatic carbocycles. The standard InChI is InChI=1S/C6H6ClN3O2.C5H10O3.CH4O/c1-12-6(11)3-4(7)9-2-10-5(3)8;6-2-5-1-4(7)3-8-5;1-2/h2H,1H3,(H2,8,9,10);4-7H,1-3H2;2H,1H3/t;4-,5?;/m.1./s1. The van der Waals surface area contributed by atoms with Crippen LogP contribution in [0.15, 0.2) is 6.33 Å². The molecule has 0 aromatic carbocycles. The summed E-state index contributed by atoms with van der Waals surface area (Å²) in [5, 5.41) is 24.2. The third-order valence-electron chi connectivity index (χ3n) is 2.48. The number of nitrogens with two attached hydrogens (primary N) is 1. The fourth-order valence-electron chi connectivity index (χ4n) is 1.48. The number of halogens is 1. The number of anilines is 1. The van der Waals surface area contributed by atoms with Gasteiger partial charge in [0.1, 0.15) is 22.9 Å². The lowest BCUT2D eigenvalue weighted by Gasteiger charge is -2.02. The lowest BCUT2D eigenvalue weighted by atomic mass is 10.2. The van der Waals surface area contributed by atoms with Gasteiger partial charge in [0.2, 0.25) is 0 Å². The van der Waals surface area contributed by atoms with Crippen LogP contribution in [0.1, 0.15) is 16.8 Å². The van der Waals surface area contributed by atoms with Crippen LogP contribution >= 0.6 is 11.6 Å². The molecule has 2 heterocycles. The van der Waals surface area contributed by atoms with Gasteiger partial charge in [-0.3, -0.25) is 0 Å². The molecule has 1 saturated heterocycles. The molecular formula is C12H20ClN3O6. The summed E-state index contributed by atoms with van der Waals surface area (Å²) in [4.78, 5) is 18.2. The number of hydrogen-bond acceptors (Lipinski definition) is 9. The Bertz CT molecular complexity index is 442. The quantitative estimate of drug-likeness (QED) is 0.403. The summed E-state index contributed by atoms with van der Waals surface area (Å²) in [6, 6.07) is 0. The van der Waals surface area contributed by atoms with Crippen LogP contribution < -0.4 is 5.73 Å². The number of nitrogens with zero attached hydrogens (tertiary/aromatic N) is 2. The largest absolute Gasteiger partial charge is 0.465 e. The normalized spacial score (nSPS) is 19.4. The Labute approximate surface area is 132 Å². The number of methoxy groups -OCH3 is 1. The first-order valence-electron chi connectivity index (χ1n) is 6.19. The molecule has 0 amide bonds. The van der Waals surface area contributed by atoms with Crippen molar-refractivity contribution >= 4 is 23.4 Å².